The Morgan fingerprint density at radius 2 is 0.980 bits per heavy atom. The molecule has 9 aromatic rings. The van der Waals surface area contributed by atoms with E-state index in [9.17, 15) is 5.26 Å². The second-order valence-corrected chi connectivity index (χ2v) is 12.4. The second-order valence-electron chi connectivity index (χ2n) is 12.4. The van der Waals surface area contributed by atoms with Gasteiger partial charge in [-0.1, -0.05) is 158 Å². The first kappa shape index (κ1) is 29.3. The van der Waals surface area contributed by atoms with Gasteiger partial charge in [0.05, 0.1) is 23.0 Å². The van der Waals surface area contributed by atoms with E-state index in [2.05, 4.69) is 133 Å². The van der Waals surface area contributed by atoms with E-state index in [4.69, 9.17) is 9.97 Å². The number of rotatable bonds is 5. The van der Waals surface area contributed by atoms with Gasteiger partial charge in [0.2, 0.25) is 0 Å². The lowest BCUT2D eigenvalue weighted by Gasteiger charge is -2.20. The topological polar surface area (TPSA) is 49.6 Å². The Morgan fingerprint density at radius 3 is 1.70 bits per heavy atom. The highest BCUT2D eigenvalue weighted by Gasteiger charge is 2.21. The first-order valence-electron chi connectivity index (χ1n) is 16.7. The van der Waals surface area contributed by atoms with E-state index in [0.717, 1.165) is 44.6 Å². The summed E-state index contributed by atoms with van der Waals surface area (Å²) in [4.78, 5) is 10.6. The molecule has 0 radical (unpaired) electrons. The Bertz CT molecular complexity index is 2740. The summed E-state index contributed by atoms with van der Waals surface area (Å²) in [6.07, 6.45) is 0. The summed E-state index contributed by atoms with van der Waals surface area (Å²) >= 11 is 0. The van der Waals surface area contributed by atoms with Crippen LogP contribution in [0.25, 0.3) is 88.5 Å². The van der Waals surface area contributed by atoms with Crippen molar-refractivity contribution >= 4 is 32.3 Å². The lowest BCUT2D eigenvalue weighted by atomic mass is 9.85. The molecule has 0 bridgehead atoms. The van der Waals surface area contributed by atoms with Crippen molar-refractivity contribution in [3.05, 3.63) is 181 Å². The summed E-state index contributed by atoms with van der Waals surface area (Å²) < 4.78 is 0. The van der Waals surface area contributed by atoms with Gasteiger partial charge in [0.15, 0.2) is 5.82 Å². The van der Waals surface area contributed by atoms with Gasteiger partial charge >= 0.3 is 0 Å². The van der Waals surface area contributed by atoms with Gasteiger partial charge < -0.3 is 0 Å². The second kappa shape index (κ2) is 12.3. The molecule has 0 saturated carbocycles. The van der Waals surface area contributed by atoms with Gasteiger partial charge in [-0.3, -0.25) is 0 Å². The lowest BCUT2D eigenvalue weighted by Crippen LogP contribution is -1.99. The van der Waals surface area contributed by atoms with Gasteiger partial charge in [-0.2, -0.15) is 5.26 Å². The first-order valence-corrected chi connectivity index (χ1v) is 16.7. The number of hydrogen-bond acceptors (Lipinski definition) is 3. The molecular weight excluding hydrogens is 607 g/mol. The summed E-state index contributed by atoms with van der Waals surface area (Å²) in [5, 5.41) is 16.5. The van der Waals surface area contributed by atoms with Gasteiger partial charge in [0.1, 0.15) is 0 Å². The monoisotopic (exact) mass is 635 g/mol. The van der Waals surface area contributed by atoms with Crippen LogP contribution in [0, 0.1) is 11.3 Å². The molecule has 3 nitrogen and oxygen atoms in total. The van der Waals surface area contributed by atoms with Crippen molar-refractivity contribution in [3.8, 4) is 62.2 Å². The minimum absolute atomic E-state index is 0.631. The van der Waals surface area contributed by atoms with E-state index in [1.165, 1.54) is 38.1 Å². The van der Waals surface area contributed by atoms with Crippen LogP contribution in [-0.4, -0.2) is 9.97 Å². The fraction of sp³-hybridized carbons (Fsp3) is 0. The standard InChI is InChI=1S/C47H29N3/c48-30-31-23-25-33(26-24-31)36-18-9-10-20-38(36)42-29-43(50-47(49-42)35-16-5-2-6-17-35)46-40-22-12-11-21-39(40)44(34-14-3-1-4-15-34)41-28-27-32-13-7-8-19-37(32)45(41)46/h1-29H. The van der Waals surface area contributed by atoms with Crippen LogP contribution in [0.4, 0.5) is 0 Å². The molecule has 0 aliphatic heterocycles. The van der Waals surface area contributed by atoms with Crippen LogP contribution in [-0.2, 0) is 0 Å². The van der Waals surface area contributed by atoms with Crippen LogP contribution in [0.1, 0.15) is 5.56 Å². The minimum atomic E-state index is 0.631. The zero-order valence-electron chi connectivity index (χ0n) is 27.1. The zero-order valence-corrected chi connectivity index (χ0v) is 27.1. The van der Waals surface area contributed by atoms with E-state index < -0.39 is 0 Å². The highest BCUT2D eigenvalue weighted by atomic mass is 14.9. The summed E-state index contributed by atoms with van der Waals surface area (Å²) in [6.45, 7) is 0. The van der Waals surface area contributed by atoms with Gasteiger partial charge in [0, 0.05) is 22.1 Å². The molecule has 0 spiro atoms. The first-order chi connectivity index (χ1) is 24.8. The Labute approximate surface area is 290 Å². The molecule has 9 rings (SSSR count). The third-order valence-electron chi connectivity index (χ3n) is 9.52. The number of benzene rings is 8. The SMILES string of the molecule is N#Cc1ccc(-c2ccccc2-c2cc(-c3c4ccccc4c(-c4ccccc4)c4ccc5ccccc5c34)nc(-c3ccccc3)n2)cc1. The Morgan fingerprint density at radius 1 is 0.400 bits per heavy atom. The van der Waals surface area contributed by atoms with Crippen LogP contribution >= 0.6 is 0 Å². The van der Waals surface area contributed by atoms with Gasteiger partial charge in [-0.05, 0) is 67.4 Å². The largest absolute Gasteiger partial charge is 0.228 e. The number of nitriles is 1. The average Bonchev–Trinajstić information content (AvgIpc) is 3.20. The quantitative estimate of drug-likeness (QED) is 0.140. The van der Waals surface area contributed by atoms with Gasteiger partial charge in [-0.25, -0.2) is 9.97 Å². The molecule has 1 aromatic heterocycles. The molecule has 1 heterocycles. The molecule has 0 unspecified atom stereocenters. The molecule has 0 saturated heterocycles. The predicted molar refractivity (Wildman–Crippen MR) is 206 cm³/mol. The smallest absolute Gasteiger partial charge is 0.160 e. The van der Waals surface area contributed by atoms with Crippen LogP contribution in [0.3, 0.4) is 0 Å². The summed E-state index contributed by atoms with van der Waals surface area (Å²) in [5.74, 6) is 0.664. The molecule has 0 aliphatic rings. The molecule has 50 heavy (non-hydrogen) atoms. The number of fused-ring (bicyclic) bond motifs is 4. The average molecular weight is 636 g/mol. The maximum Gasteiger partial charge on any atom is 0.160 e. The van der Waals surface area contributed by atoms with E-state index >= 15 is 0 Å². The third-order valence-corrected chi connectivity index (χ3v) is 9.52. The highest BCUT2D eigenvalue weighted by molar-refractivity contribution is 6.27. The number of hydrogen-bond donors (Lipinski definition) is 0. The fourth-order valence-electron chi connectivity index (χ4n) is 7.24. The summed E-state index contributed by atoms with van der Waals surface area (Å²) in [5.41, 5.74) is 9.82. The molecular formula is C47H29N3. The Kier molecular flexibility index (Phi) is 7.19. The van der Waals surface area contributed by atoms with Crippen molar-refractivity contribution in [2.75, 3.05) is 0 Å². The highest BCUT2D eigenvalue weighted by Crippen LogP contribution is 2.46. The summed E-state index contributed by atoms with van der Waals surface area (Å²) in [7, 11) is 0. The molecule has 8 aromatic carbocycles. The van der Waals surface area contributed by atoms with Crippen molar-refractivity contribution in [3.63, 3.8) is 0 Å². The molecule has 232 valence electrons. The maximum atomic E-state index is 9.44. The van der Waals surface area contributed by atoms with E-state index in [-0.39, 0.29) is 0 Å². The van der Waals surface area contributed by atoms with Gasteiger partial charge in [0.25, 0.3) is 0 Å². The molecule has 0 fully saturated rings. The van der Waals surface area contributed by atoms with Crippen LogP contribution in [0.15, 0.2) is 176 Å². The lowest BCUT2D eigenvalue weighted by molar-refractivity contribution is 1.19. The van der Waals surface area contributed by atoms with Crippen LogP contribution in [0.2, 0.25) is 0 Å². The zero-order chi connectivity index (χ0) is 33.4. The van der Waals surface area contributed by atoms with Crippen molar-refractivity contribution in [2.24, 2.45) is 0 Å². The van der Waals surface area contributed by atoms with E-state index in [1.807, 2.05) is 48.5 Å². The maximum absolute atomic E-state index is 9.44. The van der Waals surface area contributed by atoms with Gasteiger partial charge in [-0.15, -0.1) is 0 Å². The van der Waals surface area contributed by atoms with Crippen LogP contribution in [0.5, 0.6) is 0 Å². The van der Waals surface area contributed by atoms with Crippen LogP contribution < -0.4 is 0 Å². The molecule has 0 amide bonds. The molecule has 0 aliphatic carbocycles. The molecule has 3 heteroatoms. The third kappa shape index (κ3) is 4.99. The van der Waals surface area contributed by atoms with Crippen molar-refractivity contribution in [2.45, 2.75) is 0 Å². The van der Waals surface area contributed by atoms with Crippen molar-refractivity contribution < 1.29 is 0 Å². The van der Waals surface area contributed by atoms with Crippen molar-refractivity contribution in [1.82, 2.24) is 9.97 Å². The predicted octanol–water partition coefficient (Wildman–Crippen LogP) is 12.1. The Balaban J connectivity index is 1.41. The molecule has 0 atom stereocenters. The van der Waals surface area contributed by atoms with E-state index in [0.29, 0.717) is 11.4 Å². The normalized spacial score (nSPS) is 11.2. The van der Waals surface area contributed by atoms with E-state index in [1.54, 1.807) is 0 Å². The summed E-state index contributed by atoms with van der Waals surface area (Å²) in [6, 6.07) is 63.2. The number of aromatic nitrogens is 2. The minimum Gasteiger partial charge on any atom is -0.228 e. The van der Waals surface area contributed by atoms with Crippen molar-refractivity contribution in [1.29, 1.82) is 5.26 Å². The Hall–Kier alpha value is -6.89. The molecule has 0 N–H and O–H groups in total. The number of nitrogens with zero attached hydrogens (tertiary/aromatic N) is 3. The fourth-order valence-corrected chi connectivity index (χ4v) is 7.24.